The van der Waals surface area contributed by atoms with E-state index in [0.29, 0.717) is 40.7 Å². The van der Waals surface area contributed by atoms with Gasteiger partial charge in [0.2, 0.25) is 10.0 Å². The number of hydrogen-bond acceptors (Lipinski definition) is 5. The fraction of sp³-hybridized carbons (Fsp3) is 0.276. The van der Waals surface area contributed by atoms with E-state index >= 15 is 4.39 Å². The number of anilines is 1. The van der Waals surface area contributed by atoms with Crippen LogP contribution in [0.15, 0.2) is 54.7 Å². The molecular formula is C29H27ClF3N3O3S. The van der Waals surface area contributed by atoms with E-state index < -0.39 is 44.5 Å². The number of fused-ring (bicyclic) bond motifs is 1. The zero-order valence-corrected chi connectivity index (χ0v) is 23.5. The Bertz CT molecular complexity index is 1670. The second-order valence-corrected chi connectivity index (χ2v) is 11.7. The number of ketones is 1. The van der Waals surface area contributed by atoms with Crippen LogP contribution in [-0.4, -0.2) is 36.5 Å². The first-order valence-electron chi connectivity index (χ1n) is 12.8. The second-order valence-electron chi connectivity index (χ2n) is 9.27. The molecule has 0 N–H and O–H groups in total. The molecule has 0 spiro atoms. The first kappa shape index (κ1) is 29.5. The first-order chi connectivity index (χ1) is 19.1. The van der Waals surface area contributed by atoms with Gasteiger partial charge in [-0.15, -0.1) is 0 Å². The van der Waals surface area contributed by atoms with Gasteiger partial charge in [-0.05, 0) is 43.2 Å². The topological polar surface area (TPSA) is 80.2 Å². The molecule has 0 aliphatic carbocycles. The third kappa shape index (κ3) is 6.13. The molecule has 0 saturated heterocycles. The molecule has 0 unspecified atom stereocenters. The number of rotatable bonds is 11. The summed E-state index contributed by atoms with van der Waals surface area (Å²) in [6.45, 7) is 3.41. The SMILES string of the molecule is CCCCCN(c1cc(F)c(F)c(C(=O)c2ccc3ncc(-c4ccc(Cl)cc4)nc3c2)c1F)S(=O)(=O)CCC. The molecule has 11 heteroatoms. The van der Waals surface area contributed by atoms with Crippen molar-refractivity contribution in [2.75, 3.05) is 16.6 Å². The van der Waals surface area contributed by atoms with Crippen molar-refractivity contribution in [1.82, 2.24) is 9.97 Å². The van der Waals surface area contributed by atoms with E-state index in [2.05, 4.69) is 9.97 Å². The third-order valence-corrected chi connectivity index (χ3v) is 8.57. The van der Waals surface area contributed by atoms with Crippen LogP contribution < -0.4 is 4.31 Å². The van der Waals surface area contributed by atoms with Crippen molar-refractivity contribution >= 4 is 44.1 Å². The molecule has 0 bridgehead atoms. The highest BCUT2D eigenvalue weighted by atomic mass is 35.5. The van der Waals surface area contributed by atoms with E-state index in [1.807, 2.05) is 6.92 Å². The molecule has 4 aromatic rings. The van der Waals surface area contributed by atoms with Crippen molar-refractivity contribution in [1.29, 1.82) is 0 Å². The Labute approximate surface area is 235 Å². The van der Waals surface area contributed by atoms with Gasteiger partial charge in [-0.1, -0.05) is 50.4 Å². The van der Waals surface area contributed by atoms with Gasteiger partial charge in [0, 0.05) is 28.8 Å². The van der Waals surface area contributed by atoms with E-state index in [1.165, 1.54) is 24.4 Å². The summed E-state index contributed by atoms with van der Waals surface area (Å²) in [6, 6.07) is 11.4. The zero-order chi connectivity index (χ0) is 29.0. The lowest BCUT2D eigenvalue weighted by atomic mass is 10.00. The highest BCUT2D eigenvalue weighted by molar-refractivity contribution is 7.92. The Morgan fingerprint density at radius 2 is 1.65 bits per heavy atom. The molecule has 4 rings (SSSR count). The lowest BCUT2D eigenvalue weighted by Gasteiger charge is -2.25. The predicted molar refractivity (Wildman–Crippen MR) is 151 cm³/mol. The highest BCUT2D eigenvalue weighted by Gasteiger charge is 2.31. The largest absolute Gasteiger partial charge is 0.288 e. The molecule has 0 atom stereocenters. The van der Waals surface area contributed by atoms with Gasteiger partial charge in [0.25, 0.3) is 0 Å². The number of benzene rings is 3. The standard InChI is InChI=1S/C29H27ClF3N3O3S/c1-3-5-6-13-36(40(38,39)14-4-2)25-16-21(31)27(32)26(28(25)33)29(37)19-9-12-22-23(15-19)35-24(17-34-22)18-7-10-20(30)11-8-18/h7-12,15-17H,3-6,13-14H2,1-2H3. The molecule has 6 nitrogen and oxygen atoms in total. The van der Waals surface area contributed by atoms with Gasteiger partial charge < -0.3 is 0 Å². The average Bonchev–Trinajstić information content (AvgIpc) is 2.93. The van der Waals surface area contributed by atoms with E-state index in [-0.39, 0.29) is 29.8 Å². The summed E-state index contributed by atoms with van der Waals surface area (Å²) in [5.74, 6) is -6.15. The molecule has 0 fully saturated rings. The van der Waals surface area contributed by atoms with E-state index in [0.717, 1.165) is 10.7 Å². The minimum absolute atomic E-state index is 0.134. The summed E-state index contributed by atoms with van der Waals surface area (Å²) in [5, 5.41) is 0.537. The van der Waals surface area contributed by atoms with E-state index in [4.69, 9.17) is 11.6 Å². The minimum atomic E-state index is -4.06. The summed E-state index contributed by atoms with van der Waals surface area (Å²) in [4.78, 5) is 22.2. The molecule has 0 aliphatic rings. The quantitative estimate of drug-likeness (QED) is 0.104. The number of carbonyl (C=O) groups is 1. The van der Waals surface area contributed by atoms with Gasteiger partial charge in [-0.2, -0.15) is 0 Å². The number of halogens is 4. The molecule has 0 amide bonds. The molecule has 3 aromatic carbocycles. The maximum absolute atomic E-state index is 15.8. The lowest BCUT2D eigenvalue weighted by Crippen LogP contribution is -2.35. The van der Waals surface area contributed by atoms with Gasteiger partial charge in [0.15, 0.2) is 23.2 Å². The van der Waals surface area contributed by atoms with E-state index in [9.17, 15) is 22.0 Å². The van der Waals surface area contributed by atoms with Gasteiger partial charge in [0.1, 0.15) is 0 Å². The molecule has 0 radical (unpaired) electrons. The van der Waals surface area contributed by atoms with Gasteiger partial charge >= 0.3 is 0 Å². The summed E-state index contributed by atoms with van der Waals surface area (Å²) in [6.07, 6.45) is 3.55. The maximum Gasteiger partial charge on any atom is 0.235 e. The Kier molecular flexibility index (Phi) is 9.10. The van der Waals surface area contributed by atoms with Crippen LogP contribution in [0.4, 0.5) is 18.9 Å². The molecule has 0 saturated carbocycles. The van der Waals surface area contributed by atoms with Crippen molar-refractivity contribution < 1.29 is 26.4 Å². The average molecular weight is 590 g/mol. The molecule has 210 valence electrons. The van der Waals surface area contributed by atoms with Crippen LogP contribution in [0.25, 0.3) is 22.3 Å². The second kappa shape index (κ2) is 12.3. The molecule has 0 aliphatic heterocycles. The molecule has 1 heterocycles. The summed E-state index contributed by atoms with van der Waals surface area (Å²) in [5.41, 5.74) is -0.175. The van der Waals surface area contributed by atoms with Crippen LogP contribution in [0, 0.1) is 17.5 Å². The van der Waals surface area contributed by atoms with Gasteiger partial charge in [-0.3, -0.25) is 14.1 Å². The fourth-order valence-electron chi connectivity index (χ4n) is 4.31. The van der Waals surface area contributed by atoms with Crippen molar-refractivity contribution in [2.24, 2.45) is 0 Å². The molecular weight excluding hydrogens is 563 g/mol. The Morgan fingerprint density at radius 3 is 2.33 bits per heavy atom. The summed E-state index contributed by atoms with van der Waals surface area (Å²) in [7, 11) is -4.06. The minimum Gasteiger partial charge on any atom is -0.288 e. The van der Waals surface area contributed by atoms with Crippen molar-refractivity contribution in [3.05, 3.63) is 88.3 Å². The Hall–Kier alpha value is -3.50. The monoisotopic (exact) mass is 589 g/mol. The number of sulfonamides is 1. The van der Waals surface area contributed by atoms with Crippen molar-refractivity contribution in [3.8, 4) is 11.3 Å². The van der Waals surface area contributed by atoms with Crippen LogP contribution in [-0.2, 0) is 10.0 Å². The summed E-state index contributed by atoms with van der Waals surface area (Å²) >= 11 is 5.95. The van der Waals surface area contributed by atoms with Crippen LogP contribution in [0.1, 0.15) is 55.5 Å². The summed E-state index contributed by atoms with van der Waals surface area (Å²) < 4.78 is 72.3. The van der Waals surface area contributed by atoms with Gasteiger partial charge in [0.05, 0.1) is 39.9 Å². The fourth-order valence-corrected chi connectivity index (χ4v) is 6.01. The van der Waals surface area contributed by atoms with Crippen molar-refractivity contribution in [2.45, 2.75) is 39.5 Å². The number of nitrogens with zero attached hydrogens (tertiary/aromatic N) is 3. The van der Waals surface area contributed by atoms with Crippen LogP contribution >= 0.6 is 11.6 Å². The van der Waals surface area contributed by atoms with Gasteiger partial charge in [-0.25, -0.2) is 26.6 Å². The molecule has 1 aromatic heterocycles. The predicted octanol–water partition coefficient (Wildman–Crippen LogP) is 7.33. The smallest absolute Gasteiger partial charge is 0.235 e. The number of carbonyl (C=O) groups excluding carboxylic acids is 1. The Morgan fingerprint density at radius 1 is 0.925 bits per heavy atom. The molecule has 40 heavy (non-hydrogen) atoms. The van der Waals surface area contributed by atoms with Crippen molar-refractivity contribution in [3.63, 3.8) is 0 Å². The Balaban J connectivity index is 1.80. The number of aromatic nitrogens is 2. The van der Waals surface area contributed by atoms with Crippen LogP contribution in [0.5, 0.6) is 0 Å². The first-order valence-corrected chi connectivity index (χ1v) is 14.8. The number of hydrogen-bond donors (Lipinski definition) is 0. The third-order valence-electron chi connectivity index (χ3n) is 6.34. The lowest BCUT2D eigenvalue weighted by molar-refractivity contribution is 0.103. The normalized spacial score (nSPS) is 11.7. The van der Waals surface area contributed by atoms with Crippen LogP contribution in [0.3, 0.4) is 0 Å². The zero-order valence-electron chi connectivity index (χ0n) is 21.9. The highest BCUT2D eigenvalue weighted by Crippen LogP contribution is 2.32. The number of unbranched alkanes of at least 4 members (excludes halogenated alkanes) is 2. The van der Waals surface area contributed by atoms with Crippen LogP contribution in [0.2, 0.25) is 5.02 Å². The maximum atomic E-state index is 15.8. The van der Waals surface area contributed by atoms with E-state index in [1.54, 1.807) is 31.2 Å².